The molecule has 3 rings (SSSR count). The second-order valence-electron chi connectivity index (χ2n) is 7.04. The largest absolute Gasteiger partial charge is 0.466 e. The molecule has 0 unspecified atom stereocenters. The van der Waals surface area contributed by atoms with E-state index in [-0.39, 0.29) is 30.5 Å². The third-order valence-electron chi connectivity index (χ3n) is 4.88. The maximum atomic E-state index is 12.8. The van der Waals surface area contributed by atoms with Crippen molar-refractivity contribution in [1.82, 2.24) is 0 Å². The molecule has 8 nitrogen and oxygen atoms in total. The topological polar surface area (TPSA) is 94.2 Å². The number of methoxy groups -OCH3 is 2. The van der Waals surface area contributed by atoms with E-state index in [0.717, 1.165) is 11.1 Å². The van der Waals surface area contributed by atoms with Crippen LogP contribution in [0.5, 0.6) is 0 Å². The van der Waals surface area contributed by atoms with Gasteiger partial charge in [-0.1, -0.05) is 23.8 Å². The molecule has 0 aromatic heterocycles. The van der Waals surface area contributed by atoms with E-state index in [2.05, 4.69) is 5.32 Å². The number of esters is 2. The smallest absolute Gasteiger partial charge is 0.355 e. The Morgan fingerprint density at radius 2 is 1.74 bits per heavy atom. The van der Waals surface area contributed by atoms with Crippen LogP contribution in [0, 0.1) is 13.8 Å². The van der Waals surface area contributed by atoms with Crippen molar-refractivity contribution in [2.24, 2.45) is 0 Å². The van der Waals surface area contributed by atoms with E-state index in [0.29, 0.717) is 16.9 Å². The molecule has 0 radical (unpaired) electrons. The molecule has 1 aliphatic heterocycles. The van der Waals surface area contributed by atoms with Gasteiger partial charge in [0.25, 0.3) is 5.91 Å². The van der Waals surface area contributed by atoms with Gasteiger partial charge >= 0.3 is 11.9 Å². The highest BCUT2D eigenvalue weighted by molar-refractivity contribution is 6.06. The third-order valence-corrected chi connectivity index (χ3v) is 4.88. The molecule has 0 saturated heterocycles. The zero-order valence-corrected chi connectivity index (χ0v) is 17.9. The Balaban J connectivity index is 1.94. The van der Waals surface area contributed by atoms with E-state index >= 15 is 0 Å². The molecule has 2 aromatic carbocycles. The summed E-state index contributed by atoms with van der Waals surface area (Å²) in [7, 11) is 2.45. The molecular formula is C23H24N2O6. The van der Waals surface area contributed by atoms with Crippen LogP contribution in [0.1, 0.15) is 21.5 Å². The minimum absolute atomic E-state index is 0.00701. The average molecular weight is 424 g/mol. The number of hydrogen-bond donors (Lipinski definition) is 1. The minimum atomic E-state index is -0.700. The van der Waals surface area contributed by atoms with Crippen LogP contribution in [-0.4, -0.2) is 45.4 Å². The minimum Gasteiger partial charge on any atom is -0.466 e. The number of ether oxygens (including phenoxy) is 3. The van der Waals surface area contributed by atoms with Crippen molar-refractivity contribution >= 4 is 29.2 Å². The molecule has 0 atom stereocenters. The molecular weight excluding hydrogens is 400 g/mol. The van der Waals surface area contributed by atoms with Gasteiger partial charge in [-0.05, 0) is 43.7 Å². The van der Waals surface area contributed by atoms with Gasteiger partial charge in [-0.3, -0.25) is 4.79 Å². The van der Waals surface area contributed by atoms with Gasteiger partial charge in [-0.15, -0.1) is 0 Å². The molecule has 31 heavy (non-hydrogen) atoms. The van der Waals surface area contributed by atoms with Crippen LogP contribution < -0.4 is 10.2 Å². The van der Waals surface area contributed by atoms with E-state index in [1.807, 2.05) is 32.0 Å². The van der Waals surface area contributed by atoms with Gasteiger partial charge in [0.1, 0.15) is 12.4 Å². The lowest BCUT2D eigenvalue weighted by molar-refractivity contribution is -0.140. The highest BCUT2D eigenvalue weighted by Crippen LogP contribution is 2.28. The van der Waals surface area contributed by atoms with Gasteiger partial charge in [0.2, 0.25) is 0 Å². The summed E-state index contributed by atoms with van der Waals surface area (Å²) in [6.45, 7) is 3.83. The van der Waals surface area contributed by atoms with Gasteiger partial charge < -0.3 is 24.4 Å². The Labute approximate surface area is 180 Å². The Kier molecular flexibility index (Phi) is 6.71. The standard InChI is InChI=1S/C23H24N2O6/c1-14-8-9-19(15(2)10-14)24-21(26)16-6-5-7-17(11-16)25-13-31-12-18(22(27)29-3)20(25)23(28)30-4/h5-11H,12-13H2,1-4H3,(H,24,26). The number of rotatable bonds is 5. The van der Waals surface area contributed by atoms with Crippen molar-refractivity contribution in [1.29, 1.82) is 0 Å². The van der Waals surface area contributed by atoms with Crippen LogP contribution in [0.2, 0.25) is 0 Å². The van der Waals surface area contributed by atoms with Crippen molar-refractivity contribution in [2.75, 3.05) is 37.8 Å². The Bertz CT molecular complexity index is 1060. The molecule has 0 aliphatic carbocycles. The summed E-state index contributed by atoms with van der Waals surface area (Å²) in [6, 6.07) is 12.4. The van der Waals surface area contributed by atoms with E-state index in [9.17, 15) is 14.4 Å². The third kappa shape index (κ3) is 4.75. The van der Waals surface area contributed by atoms with E-state index in [4.69, 9.17) is 14.2 Å². The number of anilines is 2. The normalized spacial score (nSPS) is 13.6. The summed E-state index contributed by atoms with van der Waals surface area (Å²) in [6.07, 6.45) is 0. The van der Waals surface area contributed by atoms with Crippen LogP contribution in [-0.2, 0) is 23.8 Å². The molecule has 1 aliphatic rings. The van der Waals surface area contributed by atoms with Crippen molar-refractivity contribution in [2.45, 2.75) is 13.8 Å². The molecule has 1 amide bonds. The second-order valence-corrected chi connectivity index (χ2v) is 7.04. The van der Waals surface area contributed by atoms with E-state index in [1.165, 1.54) is 19.1 Å². The molecule has 162 valence electrons. The van der Waals surface area contributed by atoms with E-state index in [1.54, 1.807) is 24.3 Å². The molecule has 8 heteroatoms. The number of hydrogen-bond acceptors (Lipinski definition) is 7. The summed E-state index contributed by atoms with van der Waals surface area (Å²) in [5.74, 6) is -1.69. The Morgan fingerprint density at radius 3 is 2.42 bits per heavy atom. The Morgan fingerprint density at radius 1 is 1.00 bits per heavy atom. The molecule has 0 bridgehead atoms. The number of nitrogens with one attached hydrogen (secondary N) is 1. The van der Waals surface area contributed by atoms with Crippen molar-refractivity contribution in [3.05, 3.63) is 70.4 Å². The van der Waals surface area contributed by atoms with Crippen molar-refractivity contribution in [3.8, 4) is 0 Å². The first-order chi connectivity index (χ1) is 14.8. The average Bonchev–Trinajstić information content (AvgIpc) is 2.79. The molecule has 1 heterocycles. The first-order valence-corrected chi connectivity index (χ1v) is 9.59. The number of amides is 1. The lowest BCUT2D eigenvalue weighted by atomic mass is 10.1. The Hall–Kier alpha value is -3.65. The quantitative estimate of drug-likeness (QED) is 0.738. The maximum absolute atomic E-state index is 12.8. The lowest BCUT2D eigenvalue weighted by Crippen LogP contribution is -2.38. The maximum Gasteiger partial charge on any atom is 0.355 e. The number of carbonyl (C=O) groups is 3. The van der Waals surface area contributed by atoms with Gasteiger partial charge in [-0.2, -0.15) is 0 Å². The van der Waals surface area contributed by atoms with Crippen LogP contribution in [0.4, 0.5) is 11.4 Å². The zero-order valence-electron chi connectivity index (χ0n) is 17.9. The number of nitrogens with zero attached hydrogens (tertiary/aromatic N) is 1. The predicted molar refractivity (Wildman–Crippen MR) is 115 cm³/mol. The fourth-order valence-electron chi connectivity index (χ4n) is 3.31. The highest BCUT2D eigenvalue weighted by atomic mass is 16.5. The molecule has 0 fully saturated rings. The van der Waals surface area contributed by atoms with Crippen molar-refractivity contribution < 1.29 is 28.6 Å². The first-order valence-electron chi connectivity index (χ1n) is 9.59. The molecule has 2 aromatic rings. The number of carbonyl (C=O) groups excluding carboxylic acids is 3. The monoisotopic (exact) mass is 424 g/mol. The lowest BCUT2D eigenvalue weighted by Gasteiger charge is -2.31. The fourth-order valence-corrected chi connectivity index (χ4v) is 3.31. The van der Waals surface area contributed by atoms with E-state index < -0.39 is 11.9 Å². The summed E-state index contributed by atoms with van der Waals surface area (Å²) in [5.41, 5.74) is 3.71. The zero-order chi connectivity index (χ0) is 22.5. The molecule has 0 spiro atoms. The number of aryl methyl sites for hydroxylation is 2. The second kappa shape index (κ2) is 9.44. The van der Waals surface area contributed by atoms with Gasteiger partial charge in [0.15, 0.2) is 0 Å². The molecule has 1 N–H and O–H groups in total. The van der Waals surface area contributed by atoms with Gasteiger partial charge in [0, 0.05) is 16.9 Å². The SMILES string of the molecule is COC(=O)C1=C(C(=O)OC)N(c2cccc(C(=O)Nc3ccc(C)cc3C)c2)COC1. The summed E-state index contributed by atoms with van der Waals surface area (Å²) >= 11 is 0. The van der Waals surface area contributed by atoms with Crippen molar-refractivity contribution in [3.63, 3.8) is 0 Å². The van der Waals surface area contributed by atoms with Crippen LogP contribution in [0.15, 0.2) is 53.7 Å². The first kappa shape index (κ1) is 22.0. The summed E-state index contributed by atoms with van der Waals surface area (Å²) in [5, 5.41) is 2.90. The summed E-state index contributed by atoms with van der Waals surface area (Å²) < 4.78 is 15.1. The van der Waals surface area contributed by atoms with Crippen LogP contribution >= 0.6 is 0 Å². The highest BCUT2D eigenvalue weighted by Gasteiger charge is 2.32. The van der Waals surface area contributed by atoms with Crippen LogP contribution in [0.25, 0.3) is 0 Å². The predicted octanol–water partition coefficient (Wildman–Crippen LogP) is 2.95. The number of benzene rings is 2. The summed E-state index contributed by atoms with van der Waals surface area (Å²) in [4.78, 5) is 38.9. The van der Waals surface area contributed by atoms with Gasteiger partial charge in [-0.25, -0.2) is 9.59 Å². The fraction of sp³-hybridized carbons (Fsp3) is 0.261. The molecule has 0 saturated carbocycles. The van der Waals surface area contributed by atoms with Crippen LogP contribution in [0.3, 0.4) is 0 Å². The van der Waals surface area contributed by atoms with Gasteiger partial charge in [0.05, 0.1) is 26.4 Å².